The Morgan fingerprint density at radius 2 is 1.96 bits per heavy atom. The molecule has 6 nitrogen and oxygen atoms in total. The number of nitrogens with zero attached hydrogens (tertiary/aromatic N) is 2. The summed E-state index contributed by atoms with van der Waals surface area (Å²) in [5.74, 6) is -0.279. The molecule has 0 unspecified atom stereocenters. The van der Waals surface area contributed by atoms with Gasteiger partial charge in [-0.25, -0.2) is 0 Å². The molecule has 3 amide bonds. The molecule has 3 rings (SSSR count). The van der Waals surface area contributed by atoms with Crippen LogP contribution in [0.4, 0.5) is 4.79 Å². The molecular formula is C20H21N3O3S. The number of aromatic nitrogens is 1. The second kappa shape index (κ2) is 8.26. The van der Waals surface area contributed by atoms with Crippen molar-refractivity contribution >= 4 is 34.9 Å². The molecule has 0 bridgehead atoms. The quantitative estimate of drug-likeness (QED) is 0.779. The van der Waals surface area contributed by atoms with E-state index in [2.05, 4.69) is 9.88 Å². The Kier molecular flexibility index (Phi) is 5.81. The van der Waals surface area contributed by atoms with Crippen LogP contribution in [0.3, 0.4) is 0 Å². The van der Waals surface area contributed by atoms with Crippen LogP contribution >= 0.6 is 11.8 Å². The van der Waals surface area contributed by atoms with Crippen LogP contribution in [0.2, 0.25) is 0 Å². The van der Waals surface area contributed by atoms with E-state index in [-0.39, 0.29) is 35.9 Å². The van der Waals surface area contributed by atoms with Gasteiger partial charge in [-0.15, -0.1) is 0 Å². The van der Waals surface area contributed by atoms with E-state index >= 15 is 0 Å². The maximum Gasteiger partial charge on any atom is 0.288 e. The van der Waals surface area contributed by atoms with E-state index in [0.29, 0.717) is 0 Å². The Hall–Kier alpha value is -2.80. The van der Waals surface area contributed by atoms with E-state index in [1.165, 1.54) is 11.0 Å². The smallest absolute Gasteiger partial charge is 0.288 e. The van der Waals surface area contributed by atoms with Gasteiger partial charge in [-0.3, -0.25) is 19.3 Å². The second-order valence-corrected chi connectivity index (χ2v) is 7.15. The van der Waals surface area contributed by atoms with Crippen LogP contribution in [-0.2, 0) is 9.59 Å². The van der Waals surface area contributed by atoms with E-state index in [1.807, 2.05) is 50.2 Å². The lowest BCUT2D eigenvalue weighted by atomic mass is 10.2. The molecule has 1 fully saturated rings. The molecule has 1 aliphatic rings. The van der Waals surface area contributed by atoms with Gasteiger partial charge >= 0.3 is 0 Å². The number of rotatable bonds is 6. The number of hydrogen-bond donors (Lipinski definition) is 1. The first-order valence-corrected chi connectivity index (χ1v) is 9.63. The molecule has 0 radical (unpaired) electrons. The van der Waals surface area contributed by atoms with Crippen molar-refractivity contribution in [1.29, 1.82) is 0 Å². The summed E-state index contributed by atoms with van der Waals surface area (Å²) in [6.07, 6.45) is 3.25. The highest BCUT2D eigenvalue weighted by molar-refractivity contribution is 8.14. The van der Waals surface area contributed by atoms with Gasteiger partial charge in [0.1, 0.15) is 0 Å². The van der Waals surface area contributed by atoms with Crippen LogP contribution in [0, 0.1) is 13.8 Å². The van der Waals surface area contributed by atoms with Crippen molar-refractivity contribution in [2.75, 3.05) is 18.8 Å². The van der Waals surface area contributed by atoms with Crippen LogP contribution in [0.1, 0.15) is 17.0 Å². The van der Waals surface area contributed by atoms with E-state index in [0.717, 1.165) is 34.4 Å². The van der Waals surface area contributed by atoms with Gasteiger partial charge in [0.25, 0.3) is 5.24 Å². The van der Waals surface area contributed by atoms with Crippen molar-refractivity contribution in [3.8, 4) is 5.69 Å². The van der Waals surface area contributed by atoms with Crippen molar-refractivity contribution in [2.45, 2.75) is 13.8 Å². The molecule has 140 valence electrons. The molecule has 1 aromatic heterocycles. The van der Waals surface area contributed by atoms with Crippen LogP contribution in [-0.4, -0.2) is 45.4 Å². The molecule has 1 aromatic carbocycles. The van der Waals surface area contributed by atoms with Gasteiger partial charge in [0, 0.05) is 36.2 Å². The van der Waals surface area contributed by atoms with Crippen molar-refractivity contribution < 1.29 is 14.4 Å². The minimum atomic E-state index is -0.258. The minimum Gasteiger partial charge on any atom is -0.351 e. The first-order chi connectivity index (χ1) is 13.0. The number of carbonyl (C=O) groups is 3. The molecular weight excluding hydrogens is 362 g/mol. The molecule has 1 aliphatic heterocycles. The molecule has 0 aliphatic carbocycles. The first kappa shape index (κ1) is 19.0. The molecule has 2 heterocycles. The number of carbonyl (C=O) groups excluding carboxylic acids is 3. The topological polar surface area (TPSA) is 71.4 Å². The predicted molar refractivity (Wildman–Crippen MR) is 107 cm³/mol. The zero-order valence-corrected chi connectivity index (χ0v) is 16.1. The third-order valence-corrected chi connectivity index (χ3v) is 5.23. The van der Waals surface area contributed by atoms with Crippen molar-refractivity contribution in [3.63, 3.8) is 0 Å². The molecule has 27 heavy (non-hydrogen) atoms. The summed E-state index contributed by atoms with van der Waals surface area (Å²) < 4.78 is 2.14. The van der Waals surface area contributed by atoms with Gasteiger partial charge in [-0.2, -0.15) is 0 Å². The van der Waals surface area contributed by atoms with Gasteiger partial charge in [-0.05, 0) is 43.7 Å². The molecule has 1 N–H and O–H groups in total. The van der Waals surface area contributed by atoms with E-state index in [1.54, 1.807) is 6.08 Å². The molecule has 7 heteroatoms. The fraction of sp³-hybridized carbons (Fsp3) is 0.250. The fourth-order valence-electron chi connectivity index (χ4n) is 3.04. The lowest BCUT2D eigenvalue weighted by Gasteiger charge is -2.12. The predicted octanol–water partition coefficient (Wildman–Crippen LogP) is 2.92. The lowest BCUT2D eigenvalue weighted by molar-refractivity contribution is -0.125. The number of benzene rings is 1. The van der Waals surface area contributed by atoms with Crippen LogP contribution in [0.15, 0.2) is 42.5 Å². The highest BCUT2D eigenvalue weighted by Gasteiger charge is 2.29. The number of aryl methyl sites for hydroxylation is 1. The number of nitrogens with one attached hydrogen (secondary N) is 1. The highest BCUT2D eigenvalue weighted by Crippen LogP contribution is 2.21. The third-order valence-electron chi connectivity index (χ3n) is 4.37. The zero-order chi connectivity index (χ0) is 19.4. The summed E-state index contributed by atoms with van der Waals surface area (Å²) >= 11 is 0.992. The van der Waals surface area contributed by atoms with Crippen molar-refractivity contribution in [1.82, 2.24) is 14.8 Å². The number of para-hydroxylation sites is 1. The van der Waals surface area contributed by atoms with E-state index in [4.69, 9.17) is 0 Å². The van der Waals surface area contributed by atoms with Crippen LogP contribution in [0.5, 0.6) is 0 Å². The molecule has 0 saturated carbocycles. The van der Waals surface area contributed by atoms with Gasteiger partial charge in [0.05, 0.1) is 5.75 Å². The highest BCUT2D eigenvalue weighted by atomic mass is 32.2. The average molecular weight is 383 g/mol. The van der Waals surface area contributed by atoms with Gasteiger partial charge in [0.2, 0.25) is 11.8 Å². The van der Waals surface area contributed by atoms with Gasteiger partial charge in [0.15, 0.2) is 0 Å². The van der Waals surface area contributed by atoms with Gasteiger partial charge in [-0.1, -0.05) is 30.0 Å². The number of hydrogen-bond acceptors (Lipinski definition) is 4. The summed E-state index contributed by atoms with van der Waals surface area (Å²) in [7, 11) is 0. The normalized spacial score (nSPS) is 14.4. The lowest BCUT2D eigenvalue weighted by Crippen LogP contribution is -2.37. The standard InChI is InChI=1S/C20H21N3O3S/c1-14-12-16(15(2)23(14)17-6-4-3-5-7-17)8-9-18(24)21-10-11-22-19(25)13-27-20(22)26/h3-9,12H,10-11,13H2,1-2H3,(H,21,24)/b9-8+. The minimum absolute atomic E-state index is 0.184. The Morgan fingerprint density at radius 3 is 2.63 bits per heavy atom. The largest absolute Gasteiger partial charge is 0.351 e. The van der Waals surface area contributed by atoms with Gasteiger partial charge < -0.3 is 9.88 Å². The Labute approximate surface area is 162 Å². The Bertz CT molecular complexity index is 887. The van der Waals surface area contributed by atoms with E-state index < -0.39 is 0 Å². The molecule has 0 atom stereocenters. The summed E-state index contributed by atoms with van der Waals surface area (Å²) in [6.45, 7) is 4.48. The van der Waals surface area contributed by atoms with Crippen molar-refractivity contribution in [2.24, 2.45) is 0 Å². The summed E-state index contributed by atoms with van der Waals surface area (Å²) in [4.78, 5) is 36.2. The van der Waals surface area contributed by atoms with Crippen LogP contribution < -0.4 is 5.32 Å². The Morgan fingerprint density at radius 1 is 1.22 bits per heavy atom. The maximum atomic E-state index is 12.0. The number of amides is 3. The first-order valence-electron chi connectivity index (χ1n) is 8.65. The monoisotopic (exact) mass is 383 g/mol. The summed E-state index contributed by atoms with van der Waals surface area (Å²) in [5, 5.41) is 2.45. The maximum absolute atomic E-state index is 12.0. The third kappa shape index (κ3) is 4.31. The van der Waals surface area contributed by atoms with Crippen molar-refractivity contribution in [3.05, 3.63) is 59.4 Å². The number of imide groups is 1. The number of thioether (sulfide) groups is 1. The second-order valence-electron chi connectivity index (χ2n) is 6.22. The molecule has 1 saturated heterocycles. The summed E-state index contributed by atoms with van der Waals surface area (Å²) in [6, 6.07) is 12.1. The molecule has 2 aromatic rings. The average Bonchev–Trinajstić information content (AvgIpc) is 3.13. The Balaban J connectivity index is 1.60. The van der Waals surface area contributed by atoms with E-state index in [9.17, 15) is 14.4 Å². The fourth-order valence-corrected chi connectivity index (χ4v) is 3.79. The zero-order valence-electron chi connectivity index (χ0n) is 15.3. The SMILES string of the molecule is Cc1cc(/C=C/C(=O)NCCN2C(=O)CSC2=O)c(C)n1-c1ccccc1. The molecule has 0 spiro atoms. The summed E-state index contributed by atoms with van der Waals surface area (Å²) in [5.41, 5.74) is 4.18. The van der Waals surface area contributed by atoms with Crippen LogP contribution in [0.25, 0.3) is 11.8 Å².